The van der Waals surface area contributed by atoms with E-state index in [0.29, 0.717) is 6.42 Å². The van der Waals surface area contributed by atoms with Gasteiger partial charge in [0, 0.05) is 47.4 Å². The van der Waals surface area contributed by atoms with Crippen LogP contribution in [0.3, 0.4) is 0 Å². The zero-order chi connectivity index (χ0) is 39.8. The highest BCUT2D eigenvalue weighted by Crippen LogP contribution is 2.44. The van der Waals surface area contributed by atoms with E-state index in [1.165, 1.54) is 33.4 Å². The second-order valence-electron chi connectivity index (χ2n) is 15.6. The molecule has 5 aromatic carbocycles. The molecule has 8 rings (SSSR count). The number of nitrogens with zero attached hydrogens (tertiary/aromatic N) is 2. The third-order valence-electron chi connectivity index (χ3n) is 12.1. The van der Waals surface area contributed by atoms with Crippen molar-refractivity contribution < 1.29 is 9.53 Å². The molecule has 58 heavy (non-hydrogen) atoms. The Labute approximate surface area is 343 Å². The Kier molecular flexibility index (Phi) is 11.8. The molecule has 1 saturated heterocycles. The summed E-state index contributed by atoms with van der Waals surface area (Å²) in [4.78, 5) is 20.9. The number of likely N-dealkylation sites (tertiary alicyclic amines) is 1. The van der Waals surface area contributed by atoms with Gasteiger partial charge in [0.25, 0.3) is 0 Å². The molecule has 1 amide bonds. The summed E-state index contributed by atoms with van der Waals surface area (Å²) in [6.07, 6.45) is 4.76. The molecule has 1 fully saturated rings. The van der Waals surface area contributed by atoms with Crippen molar-refractivity contribution in [3.05, 3.63) is 216 Å². The smallest absolute Gasteiger partial charge is 0.407 e. The lowest BCUT2D eigenvalue weighted by molar-refractivity contribution is 0.138. The first-order chi connectivity index (χ1) is 28.4. The van der Waals surface area contributed by atoms with Gasteiger partial charge in [0.15, 0.2) is 0 Å². The lowest BCUT2D eigenvalue weighted by Gasteiger charge is -2.35. The molecule has 2 N–H and O–H groups in total. The topological polar surface area (TPSA) is 66.5 Å². The van der Waals surface area contributed by atoms with Crippen LogP contribution in [-0.2, 0) is 17.6 Å². The Balaban J connectivity index is 0.978. The lowest BCUT2D eigenvalue weighted by Crippen LogP contribution is -2.45. The second-order valence-corrected chi connectivity index (χ2v) is 15.6. The average Bonchev–Trinajstić information content (AvgIpc) is 3.89. The van der Waals surface area contributed by atoms with Gasteiger partial charge in [-0.3, -0.25) is 4.98 Å². The van der Waals surface area contributed by atoms with Crippen LogP contribution < -0.4 is 10.6 Å². The predicted octanol–water partition coefficient (Wildman–Crippen LogP) is 11.3. The molecule has 0 bridgehead atoms. The highest BCUT2D eigenvalue weighted by atomic mass is 16.5. The van der Waals surface area contributed by atoms with Gasteiger partial charge < -0.3 is 20.3 Å². The van der Waals surface area contributed by atoms with Crippen LogP contribution in [-0.4, -0.2) is 41.2 Å². The molecule has 3 unspecified atom stereocenters. The van der Waals surface area contributed by atoms with Gasteiger partial charge in [-0.05, 0) is 88.7 Å². The zero-order valence-electron chi connectivity index (χ0n) is 33.3. The molecule has 2 heterocycles. The van der Waals surface area contributed by atoms with E-state index in [-0.39, 0.29) is 36.4 Å². The maximum atomic E-state index is 13.7. The number of benzene rings is 5. The number of carbonyl (C=O) groups is 1. The fourth-order valence-corrected chi connectivity index (χ4v) is 8.99. The minimum atomic E-state index is -0.447. The van der Waals surface area contributed by atoms with Crippen molar-refractivity contribution >= 4 is 11.8 Å². The monoisotopic (exact) mass is 764 g/mol. The molecule has 6 nitrogen and oxygen atoms in total. The van der Waals surface area contributed by atoms with Gasteiger partial charge in [0.2, 0.25) is 0 Å². The fourth-order valence-electron chi connectivity index (χ4n) is 8.99. The largest absolute Gasteiger partial charge is 0.449 e. The molecular weight excluding hydrogens is 713 g/mol. The molecule has 2 aliphatic rings. The predicted molar refractivity (Wildman–Crippen MR) is 236 cm³/mol. The first kappa shape index (κ1) is 38.5. The van der Waals surface area contributed by atoms with Gasteiger partial charge in [-0.25, -0.2) is 4.79 Å². The first-order valence-electron chi connectivity index (χ1n) is 20.5. The summed E-state index contributed by atoms with van der Waals surface area (Å²) in [5.41, 5.74) is 12.3. The SMILES string of the molecule is C=C(Nc1ccccc1C[C@H](c1ccccn1)C(C)c1ccccc1)C1CCCN1C(=C)C(Cc1ccccc1)NC(=O)OCC1c2ccccc2-c2ccccc21. The molecule has 0 radical (unpaired) electrons. The lowest BCUT2D eigenvalue weighted by atomic mass is 9.80. The zero-order valence-corrected chi connectivity index (χ0v) is 33.3. The van der Waals surface area contributed by atoms with Crippen LogP contribution in [0.4, 0.5) is 10.5 Å². The standard InChI is InChI=1S/C52H52N4O2/c1-36(40-21-8-5-9-22-40)46(49-29-16-17-31-53-49)34-41-23-10-15-28-48(41)54-37(2)51-30-18-32-56(51)38(3)50(33-39-19-6-4-7-20-39)55-52(57)58-35-47-44-26-13-11-24-42(44)43-25-12-14-27-45(43)47/h4-17,19-29,31,36,46-47,50-51,54H,2-3,18,30,32-35H2,1H3,(H,55,57)/t36?,46-,50?,51?/m0/s1. The van der Waals surface area contributed by atoms with E-state index in [4.69, 9.17) is 9.72 Å². The Hall–Kier alpha value is -6.40. The van der Waals surface area contributed by atoms with Gasteiger partial charge in [0.1, 0.15) is 6.61 Å². The number of nitrogens with one attached hydrogen (secondary N) is 2. The molecule has 4 atom stereocenters. The number of alkyl carbamates (subject to hydrolysis) is 1. The van der Waals surface area contributed by atoms with E-state index < -0.39 is 6.09 Å². The average molecular weight is 765 g/mol. The molecule has 1 aliphatic heterocycles. The maximum absolute atomic E-state index is 13.7. The van der Waals surface area contributed by atoms with Crippen molar-refractivity contribution in [2.24, 2.45) is 0 Å². The summed E-state index contributed by atoms with van der Waals surface area (Å²) in [5, 5.41) is 7.00. The summed E-state index contributed by atoms with van der Waals surface area (Å²) < 4.78 is 6.05. The number of ether oxygens (including phenoxy) is 1. The van der Waals surface area contributed by atoms with Crippen molar-refractivity contribution in [3.8, 4) is 11.1 Å². The van der Waals surface area contributed by atoms with E-state index in [9.17, 15) is 4.79 Å². The maximum Gasteiger partial charge on any atom is 0.407 e. The third kappa shape index (κ3) is 8.47. The minimum absolute atomic E-state index is 0.00188. The number of hydrogen-bond donors (Lipinski definition) is 2. The minimum Gasteiger partial charge on any atom is -0.449 e. The van der Waals surface area contributed by atoms with Gasteiger partial charge in [-0.15, -0.1) is 0 Å². The van der Waals surface area contributed by atoms with Crippen LogP contribution in [0, 0.1) is 0 Å². The van der Waals surface area contributed by atoms with Crippen molar-refractivity contribution in [2.75, 3.05) is 18.5 Å². The Morgan fingerprint density at radius 3 is 2.12 bits per heavy atom. The number of rotatable bonds is 15. The van der Waals surface area contributed by atoms with Crippen LogP contribution in [0.25, 0.3) is 11.1 Å². The van der Waals surface area contributed by atoms with E-state index in [2.05, 4.69) is 163 Å². The fraction of sp³-hybridized carbons (Fsp3) is 0.231. The number of anilines is 1. The van der Waals surface area contributed by atoms with Crippen LogP contribution in [0.5, 0.6) is 0 Å². The van der Waals surface area contributed by atoms with Crippen molar-refractivity contribution in [1.82, 2.24) is 15.2 Å². The van der Waals surface area contributed by atoms with Crippen molar-refractivity contribution in [3.63, 3.8) is 0 Å². The van der Waals surface area contributed by atoms with Crippen molar-refractivity contribution in [1.29, 1.82) is 0 Å². The van der Waals surface area contributed by atoms with Crippen molar-refractivity contribution in [2.45, 2.75) is 62.4 Å². The summed E-state index contributed by atoms with van der Waals surface area (Å²) in [6.45, 7) is 12.6. The molecule has 1 aliphatic carbocycles. The number of aromatic nitrogens is 1. The molecule has 6 heteroatoms. The van der Waals surface area contributed by atoms with Crippen LogP contribution in [0.2, 0.25) is 0 Å². The third-order valence-corrected chi connectivity index (χ3v) is 12.1. The summed E-state index contributed by atoms with van der Waals surface area (Å²) in [5.74, 6) is 0.409. The van der Waals surface area contributed by atoms with E-state index in [0.717, 1.165) is 54.1 Å². The Morgan fingerprint density at radius 2 is 1.41 bits per heavy atom. The quantitative estimate of drug-likeness (QED) is 0.109. The Morgan fingerprint density at radius 1 is 0.776 bits per heavy atom. The van der Waals surface area contributed by atoms with Crippen LogP contribution >= 0.6 is 0 Å². The molecule has 0 saturated carbocycles. The van der Waals surface area contributed by atoms with Crippen LogP contribution in [0.1, 0.15) is 71.0 Å². The summed E-state index contributed by atoms with van der Waals surface area (Å²) in [7, 11) is 0. The number of hydrogen-bond acceptors (Lipinski definition) is 5. The summed E-state index contributed by atoms with van der Waals surface area (Å²) >= 11 is 0. The molecule has 292 valence electrons. The van der Waals surface area contributed by atoms with E-state index in [1.54, 1.807) is 0 Å². The van der Waals surface area contributed by atoms with Gasteiger partial charge in [-0.2, -0.15) is 0 Å². The molecular formula is C52H52N4O2. The van der Waals surface area contributed by atoms with E-state index >= 15 is 0 Å². The number of pyridine rings is 1. The highest BCUT2D eigenvalue weighted by Gasteiger charge is 2.34. The number of para-hydroxylation sites is 1. The first-order valence-corrected chi connectivity index (χ1v) is 20.5. The van der Waals surface area contributed by atoms with Crippen LogP contribution in [0.15, 0.2) is 182 Å². The Bertz CT molecular complexity index is 2300. The molecule has 6 aromatic rings. The van der Waals surface area contributed by atoms with Gasteiger partial charge in [0.05, 0.1) is 12.1 Å². The summed E-state index contributed by atoms with van der Waals surface area (Å²) in [6, 6.07) is 52.1. The molecule has 0 spiro atoms. The highest BCUT2D eigenvalue weighted by molar-refractivity contribution is 5.79. The van der Waals surface area contributed by atoms with Gasteiger partial charge >= 0.3 is 6.09 Å². The normalized spacial score (nSPS) is 16.1. The second kappa shape index (κ2) is 17.8. The number of carbonyl (C=O) groups excluding carboxylic acids is 1. The number of amides is 1. The van der Waals surface area contributed by atoms with E-state index in [1.807, 2.05) is 30.5 Å². The molecule has 1 aromatic heterocycles. The van der Waals surface area contributed by atoms with Gasteiger partial charge in [-0.1, -0.05) is 154 Å². The number of fused-ring (bicyclic) bond motifs is 3.